The van der Waals surface area contributed by atoms with Crippen LogP contribution in [-0.2, 0) is 7.05 Å². The Morgan fingerprint density at radius 3 is 2.22 bits per heavy atom. The topological polar surface area (TPSA) is 106 Å². The highest BCUT2D eigenvalue weighted by Crippen LogP contribution is 2.34. The summed E-state index contributed by atoms with van der Waals surface area (Å²) in [4.78, 5) is 39.9. The van der Waals surface area contributed by atoms with Crippen LogP contribution in [0.5, 0.6) is 0 Å². The Hall–Kier alpha value is -4.80. The van der Waals surface area contributed by atoms with Crippen molar-refractivity contribution in [3.8, 4) is 16.8 Å². The highest BCUT2D eigenvalue weighted by molar-refractivity contribution is 6.07. The van der Waals surface area contributed by atoms with Gasteiger partial charge in [0.05, 0.1) is 5.69 Å². The summed E-state index contributed by atoms with van der Waals surface area (Å²) >= 11 is 0. The van der Waals surface area contributed by atoms with Crippen LogP contribution >= 0.6 is 0 Å². The standard InChI is InChI=1S/C26H22F2N6O3/c1-31-25(36)34(15-30-31)20-7-5-16(6-8-20)18-11-19(23(27)28)14-22(13-18)33-10-9-32(26(33)37)21-4-2-3-17(12-21)24(29)35/h2-8,11-15,23H,9-10H2,1H3,(H2,29,35). The number of urea groups is 1. The number of anilines is 2. The lowest BCUT2D eigenvalue weighted by atomic mass is 10.0. The van der Waals surface area contributed by atoms with Gasteiger partial charge in [0.2, 0.25) is 5.91 Å². The average Bonchev–Trinajstić information content (AvgIpc) is 3.45. The van der Waals surface area contributed by atoms with Crippen LogP contribution in [0.3, 0.4) is 0 Å². The number of amides is 3. The minimum Gasteiger partial charge on any atom is -0.366 e. The first-order valence-electron chi connectivity index (χ1n) is 11.4. The molecule has 0 saturated carbocycles. The lowest BCUT2D eigenvalue weighted by Crippen LogP contribution is -2.32. The third-order valence-electron chi connectivity index (χ3n) is 6.26. The molecule has 0 unspecified atom stereocenters. The number of aromatic nitrogens is 3. The fourth-order valence-electron chi connectivity index (χ4n) is 4.30. The van der Waals surface area contributed by atoms with Crippen LogP contribution in [0.1, 0.15) is 22.3 Å². The van der Waals surface area contributed by atoms with E-state index >= 15 is 0 Å². The van der Waals surface area contributed by atoms with E-state index < -0.39 is 18.4 Å². The summed E-state index contributed by atoms with van der Waals surface area (Å²) < 4.78 is 30.2. The molecule has 1 aliphatic rings. The van der Waals surface area contributed by atoms with E-state index in [1.807, 2.05) is 0 Å². The number of benzene rings is 3. The summed E-state index contributed by atoms with van der Waals surface area (Å²) in [5.74, 6) is -0.612. The quantitative estimate of drug-likeness (QED) is 0.432. The molecule has 1 aromatic heterocycles. The molecule has 0 aliphatic carbocycles. The monoisotopic (exact) mass is 504 g/mol. The largest absolute Gasteiger partial charge is 0.366 e. The lowest BCUT2D eigenvalue weighted by molar-refractivity contribution is 0.1000. The molecule has 0 spiro atoms. The van der Waals surface area contributed by atoms with E-state index in [4.69, 9.17) is 5.73 Å². The number of rotatable bonds is 6. The number of nitrogens with two attached hydrogens (primary N) is 1. The van der Waals surface area contributed by atoms with Crippen molar-refractivity contribution in [2.75, 3.05) is 22.9 Å². The first-order chi connectivity index (χ1) is 17.7. The van der Waals surface area contributed by atoms with Crippen LogP contribution in [0.15, 0.2) is 77.9 Å². The fraction of sp³-hybridized carbons (Fsp3) is 0.154. The van der Waals surface area contributed by atoms with Crippen molar-refractivity contribution >= 4 is 23.3 Å². The van der Waals surface area contributed by atoms with Crippen LogP contribution in [-0.4, -0.2) is 39.4 Å². The van der Waals surface area contributed by atoms with Gasteiger partial charge in [-0.15, -0.1) is 0 Å². The molecular weight excluding hydrogens is 482 g/mol. The Balaban J connectivity index is 1.47. The molecule has 2 heterocycles. The van der Waals surface area contributed by atoms with Gasteiger partial charge >= 0.3 is 11.7 Å². The Morgan fingerprint density at radius 1 is 0.892 bits per heavy atom. The number of carbonyl (C=O) groups is 2. The Morgan fingerprint density at radius 2 is 1.59 bits per heavy atom. The van der Waals surface area contributed by atoms with Crippen molar-refractivity contribution in [1.82, 2.24) is 14.3 Å². The summed E-state index contributed by atoms with van der Waals surface area (Å²) in [6, 6.07) is 17.2. The third-order valence-corrected chi connectivity index (χ3v) is 6.26. The molecule has 4 aromatic rings. The van der Waals surface area contributed by atoms with Crippen LogP contribution in [0.2, 0.25) is 0 Å². The maximum Gasteiger partial charge on any atom is 0.350 e. The van der Waals surface area contributed by atoms with Gasteiger partial charge in [-0.2, -0.15) is 5.10 Å². The molecule has 2 N–H and O–H groups in total. The molecule has 188 valence electrons. The van der Waals surface area contributed by atoms with E-state index in [2.05, 4.69) is 5.10 Å². The zero-order valence-electron chi connectivity index (χ0n) is 19.7. The molecule has 9 nitrogen and oxygen atoms in total. The second-order valence-electron chi connectivity index (χ2n) is 8.57. The fourth-order valence-corrected chi connectivity index (χ4v) is 4.30. The number of hydrogen-bond donors (Lipinski definition) is 1. The van der Waals surface area contributed by atoms with Crippen LogP contribution in [0.25, 0.3) is 16.8 Å². The third kappa shape index (κ3) is 4.46. The number of alkyl halides is 2. The van der Waals surface area contributed by atoms with Gasteiger partial charge in [0.15, 0.2) is 0 Å². The summed E-state index contributed by atoms with van der Waals surface area (Å²) in [6.45, 7) is 0.582. The molecule has 1 fully saturated rings. The highest BCUT2D eigenvalue weighted by atomic mass is 19.3. The van der Waals surface area contributed by atoms with Gasteiger partial charge < -0.3 is 5.73 Å². The second-order valence-corrected chi connectivity index (χ2v) is 8.57. The average molecular weight is 504 g/mol. The van der Waals surface area contributed by atoms with Crippen LogP contribution < -0.4 is 21.2 Å². The SMILES string of the molecule is Cn1ncn(-c2ccc(-c3cc(C(F)F)cc(N4CCN(c5cccc(C(N)=O)c5)C4=O)c3)cc2)c1=O. The second kappa shape index (κ2) is 9.34. The van der Waals surface area contributed by atoms with Gasteiger partial charge in [0.25, 0.3) is 6.43 Å². The van der Waals surface area contributed by atoms with Crippen LogP contribution in [0, 0.1) is 0 Å². The van der Waals surface area contributed by atoms with Crippen molar-refractivity contribution in [3.63, 3.8) is 0 Å². The molecule has 1 saturated heterocycles. The molecule has 0 radical (unpaired) electrons. The minimum absolute atomic E-state index is 0.220. The smallest absolute Gasteiger partial charge is 0.350 e. The highest BCUT2D eigenvalue weighted by Gasteiger charge is 2.31. The Kier molecular flexibility index (Phi) is 6.04. The molecule has 0 bridgehead atoms. The molecule has 1 aliphatic heterocycles. The van der Waals surface area contributed by atoms with E-state index in [1.165, 1.54) is 43.6 Å². The van der Waals surface area contributed by atoms with Crippen molar-refractivity contribution in [2.45, 2.75) is 6.43 Å². The summed E-state index contributed by atoms with van der Waals surface area (Å²) in [7, 11) is 1.54. The summed E-state index contributed by atoms with van der Waals surface area (Å²) in [6.07, 6.45) is -1.34. The zero-order chi connectivity index (χ0) is 26.3. The zero-order valence-corrected chi connectivity index (χ0v) is 19.7. The number of hydrogen-bond acceptors (Lipinski definition) is 4. The van der Waals surface area contributed by atoms with Crippen molar-refractivity contribution in [2.24, 2.45) is 12.8 Å². The molecule has 5 rings (SSSR count). The van der Waals surface area contributed by atoms with Crippen molar-refractivity contribution in [1.29, 1.82) is 0 Å². The maximum absolute atomic E-state index is 13.8. The molecule has 3 amide bonds. The van der Waals surface area contributed by atoms with Gasteiger partial charge in [-0.05, 0) is 59.7 Å². The van der Waals surface area contributed by atoms with E-state index in [-0.39, 0.29) is 23.4 Å². The van der Waals surface area contributed by atoms with E-state index in [9.17, 15) is 23.2 Å². The molecule has 11 heteroatoms. The molecule has 3 aromatic carbocycles. The summed E-state index contributed by atoms with van der Waals surface area (Å²) in [5.41, 5.74) is 7.64. The van der Waals surface area contributed by atoms with Crippen molar-refractivity contribution in [3.05, 3.63) is 94.7 Å². The predicted molar refractivity (Wildman–Crippen MR) is 134 cm³/mol. The van der Waals surface area contributed by atoms with Gasteiger partial charge in [0.1, 0.15) is 6.33 Å². The van der Waals surface area contributed by atoms with E-state index in [0.717, 1.165) is 0 Å². The van der Waals surface area contributed by atoms with Crippen molar-refractivity contribution < 1.29 is 18.4 Å². The maximum atomic E-state index is 13.8. The van der Waals surface area contributed by atoms with E-state index in [1.54, 1.807) is 55.6 Å². The number of primary amides is 1. The molecular formula is C26H22F2N6O3. The minimum atomic E-state index is -2.74. The van der Waals surface area contributed by atoms with Gasteiger partial charge in [-0.1, -0.05) is 18.2 Å². The molecule has 37 heavy (non-hydrogen) atoms. The predicted octanol–water partition coefficient (Wildman–Crippen LogP) is 3.72. The lowest BCUT2D eigenvalue weighted by Gasteiger charge is -2.21. The normalized spacial score (nSPS) is 13.6. The molecule has 0 atom stereocenters. The van der Waals surface area contributed by atoms with Gasteiger partial charge in [0, 0.05) is 42.6 Å². The van der Waals surface area contributed by atoms with Gasteiger partial charge in [-0.25, -0.2) is 27.6 Å². The van der Waals surface area contributed by atoms with E-state index in [0.29, 0.717) is 34.7 Å². The van der Waals surface area contributed by atoms with Crippen LogP contribution in [0.4, 0.5) is 25.0 Å². The number of aryl methyl sites for hydroxylation is 1. The Bertz CT molecular complexity index is 1560. The number of carbonyl (C=O) groups excluding carboxylic acids is 2. The summed E-state index contributed by atoms with van der Waals surface area (Å²) in [5, 5.41) is 3.93. The number of nitrogens with zero attached hydrogens (tertiary/aromatic N) is 5. The first-order valence-corrected chi connectivity index (χ1v) is 11.4. The Labute approximate surface area is 209 Å². The number of halogens is 2. The van der Waals surface area contributed by atoms with Gasteiger partial charge in [-0.3, -0.25) is 14.6 Å². The first kappa shape index (κ1) is 23.9.